The third-order valence-corrected chi connectivity index (χ3v) is 10.8. The van der Waals surface area contributed by atoms with Crippen LogP contribution in [0.15, 0.2) is 168 Å². The summed E-state index contributed by atoms with van der Waals surface area (Å²) in [5.74, 6) is 0.942. The number of rotatable bonds is 8. The monoisotopic (exact) mass is 698 g/mol. The molecule has 0 spiro atoms. The second kappa shape index (κ2) is 13.8. The van der Waals surface area contributed by atoms with Crippen LogP contribution in [0.5, 0.6) is 0 Å². The van der Waals surface area contributed by atoms with E-state index in [2.05, 4.69) is 189 Å². The molecule has 0 saturated heterocycles. The zero-order valence-electron chi connectivity index (χ0n) is 30.9. The van der Waals surface area contributed by atoms with Gasteiger partial charge < -0.3 is 14.7 Å². The van der Waals surface area contributed by atoms with Crippen LogP contribution >= 0.6 is 0 Å². The molecule has 9 aromatic rings. The Bertz CT molecular complexity index is 2890. The van der Waals surface area contributed by atoms with E-state index in [4.69, 9.17) is 10.2 Å². The molecular weight excluding hydrogens is 657 g/mol. The van der Waals surface area contributed by atoms with E-state index in [0.717, 1.165) is 40.0 Å². The minimum absolute atomic E-state index is 0.0157. The van der Waals surface area contributed by atoms with E-state index in [1.165, 1.54) is 66.0 Å². The minimum atomic E-state index is -0.0157. The standard InChI is InChI=1S/C51H42N2O/c1-4-5-18-42-34(3)54-49-21-12-20-44(51(42)49)41-17-11-16-39(31-41)40-26-28-45-48(32-40)53(47-29-27-37-15-9-10-19-43(37)50(45)47)33(2)30-46(52)38-24-22-36(23-25-38)35-13-7-6-8-14-35/h5-33H,4,52H2,1-3H3/b18-5-,46-30-. The number of nitrogens with two attached hydrogens (primary N) is 1. The average Bonchev–Trinajstić information content (AvgIpc) is 3.73. The molecule has 0 bridgehead atoms. The number of allylic oxidation sites excluding steroid dienone is 2. The Balaban J connectivity index is 1.17. The van der Waals surface area contributed by atoms with Gasteiger partial charge in [-0.25, -0.2) is 0 Å². The fraction of sp³-hybridized carbons (Fsp3) is 0.0980. The van der Waals surface area contributed by atoms with E-state index in [-0.39, 0.29) is 6.04 Å². The minimum Gasteiger partial charge on any atom is -0.461 e. The van der Waals surface area contributed by atoms with E-state index in [9.17, 15) is 0 Å². The third kappa shape index (κ3) is 5.79. The Morgan fingerprint density at radius 3 is 2.19 bits per heavy atom. The van der Waals surface area contributed by atoms with Gasteiger partial charge in [-0.15, -0.1) is 0 Å². The predicted molar refractivity (Wildman–Crippen MR) is 230 cm³/mol. The van der Waals surface area contributed by atoms with Crippen LogP contribution in [0.1, 0.15) is 43.2 Å². The first kappa shape index (κ1) is 33.3. The second-order valence-corrected chi connectivity index (χ2v) is 14.2. The maximum Gasteiger partial charge on any atom is 0.135 e. The van der Waals surface area contributed by atoms with Gasteiger partial charge in [-0.2, -0.15) is 0 Å². The van der Waals surface area contributed by atoms with Crippen molar-refractivity contribution in [3.8, 4) is 33.4 Å². The topological polar surface area (TPSA) is 44.1 Å². The van der Waals surface area contributed by atoms with Gasteiger partial charge in [0.1, 0.15) is 11.3 Å². The Kier molecular flexibility index (Phi) is 8.48. The molecule has 7 aromatic carbocycles. The lowest BCUT2D eigenvalue weighted by Gasteiger charge is -2.16. The number of hydrogen-bond donors (Lipinski definition) is 1. The number of hydrogen-bond acceptors (Lipinski definition) is 2. The van der Waals surface area contributed by atoms with Crippen molar-refractivity contribution in [2.75, 3.05) is 0 Å². The molecular formula is C51H42N2O. The summed E-state index contributed by atoms with van der Waals surface area (Å²) in [6.07, 6.45) is 7.57. The maximum atomic E-state index is 6.88. The lowest BCUT2D eigenvalue weighted by Crippen LogP contribution is -2.06. The van der Waals surface area contributed by atoms with Gasteiger partial charge in [0.2, 0.25) is 0 Å². The maximum absolute atomic E-state index is 6.88. The molecule has 0 saturated carbocycles. The normalized spacial score (nSPS) is 12.8. The summed E-state index contributed by atoms with van der Waals surface area (Å²) in [6.45, 7) is 6.46. The molecule has 0 radical (unpaired) electrons. The highest BCUT2D eigenvalue weighted by atomic mass is 16.3. The second-order valence-electron chi connectivity index (χ2n) is 14.2. The molecule has 0 fully saturated rings. The number of aryl methyl sites for hydroxylation is 1. The van der Waals surface area contributed by atoms with Crippen LogP contribution in [0.3, 0.4) is 0 Å². The van der Waals surface area contributed by atoms with Crippen LogP contribution in [0.25, 0.3) is 88.7 Å². The smallest absolute Gasteiger partial charge is 0.135 e. The molecule has 9 rings (SSSR count). The molecule has 3 nitrogen and oxygen atoms in total. The Morgan fingerprint density at radius 2 is 1.35 bits per heavy atom. The van der Waals surface area contributed by atoms with Crippen molar-refractivity contribution in [2.24, 2.45) is 5.73 Å². The van der Waals surface area contributed by atoms with Gasteiger partial charge in [-0.1, -0.05) is 146 Å². The van der Waals surface area contributed by atoms with Crippen molar-refractivity contribution in [3.63, 3.8) is 0 Å². The van der Waals surface area contributed by atoms with Crippen LogP contribution in [-0.2, 0) is 0 Å². The molecule has 262 valence electrons. The third-order valence-electron chi connectivity index (χ3n) is 10.8. The van der Waals surface area contributed by atoms with Crippen LogP contribution < -0.4 is 5.73 Å². The van der Waals surface area contributed by atoms with Crippen molar-refractivity contribution >= 4 is 55.3 Å². The lowest BCUT2D eigenvalue weighted by atomic mass is 9.94. The van der Waals surface area contributed by atoms with Crippen LogP contribution in [0.4, 0.5) is 0 Å². The number of benzene rings is 7. The number of aromatic nitrogens is 1. The van der Waals surface area contributed by atoms with Gasteiger partial charge in [-0.3, -0.25) is 0 Å². The molecule has 0 aliphatic rings. The van der Waals surface area contributed by atoms with Crippen molar-refractivity contribution in [3.05, 3.63) is 181 Å². The van der Waals surface area contributed by atoms with Crippen LogP contribution in [0, 0.1) is 6.92 Å². The fourth-order valence-corrected chi connectivity index (χ4v) is 8.18. The Labute approximate surface area is 316 Å². The van der Waals surface area contributed by atoms with Gasteiger partial charge in [0.05, 0.1) is 17.1 Å². The highest BCUT2D eigenvalue weighted by molar-refractivity contribution is 6.21. The molecule has 2 aromatic heterocycles. The largest absolute Gasteiger partial charge is 0.461 e. The summed E-state index contributed by atoms with van der Waals surface area (Å²) in [6, 6.07) is 54.4. The summed E-state index contributed by atoms with van der Waals surface area (Å²) in [5, 5.41) is 6.15. The van der Waals surface area contributed by atoms with Crippen LogP contribution in [-0.4, -0.2) is 4.57 Å². The quantitative estimate of drug-likeness (QED) is 0.172. The highest BCUT2D eigenvalue weighted by Gasteiger charge is 2.19. The lowest BCUT2D eigenvalue weighted by molar-refractivity contribution is 0.577. The molecule has 1 unspecified atom stereocenters. The van der Waals surface area contributed by atoms with E-state index >= 15 is 0 Å². The zero-order chi connectivity index (χ0) is 36.8. The summed E-state index contributed by atoms with van der Waals surface area (Å²) in [4.78, 5) is 0. The first-order valence-corrected chi connectivity index (χ1v) is 18.9. The summed E-state index contributed by atoms with van der Waals surface area (Å²) in [7, 11) is 0. The van der Waals surface area contributed by atoms with Gasteiger partial charge in [0.15, 0.2) is 0 Å². The summed E-state index contributed by atoms with van der Waals surface area (Å²) >= 11 is 0. The fourth-order valence-electron chi connectivity index (χ4n) is 8.18. The summed E-state index contributed by atoms with van der Waals surface area (Å²) < 4.78 is 8.68. The van der Waals surface area contributed by atoms with Crippen LogP contribution in [0.2, 0.25) is 0 Å². The van der Waals surface area contributed by atoms with E-state index in [1.807, 2.05) is 6.07 Å². The zero-order valence-corrected chi connectivity index (χ0v) is 30.9. The number of nitrogens with zero attached hydrogens (tertiary/aromatic N) is 1. The summed E-state index contributed by atoms with van der Waals surface area (Å²) in [5.41, 5.74) is 20.1. The van der Waals surface area contributed by atoms with Gasteiger partial charge >= 0.3 is 0 Å². The average molecular weight is 699 g/mol. The Hall–Kier alpha value is -6.58. The molecule has 1 atom stereocenters. The molecule has 3 heteroatoms. The van der Waals surface area contributed by atoms with Crippen molar-refractivity contribution in [2.45, 2.75) is 33.2 Å². The van der Waals surface area contributed by atoms with Gasteiger partial charge in [-0.05, 0) is 100 Å². The Morgan fingerprint density at radius 1 is 0.648 bits per heavy atom. The molecule has 54 heavy (non-hydrogen) atoms. The molecule has 0 aliphatic heterocycles. The first-order valence-electron chi connectivity index (χ1n) is 18.9. The number of fused-ring (bicyclic) bond motifs is 6. The van der Waals surface area contributed by atoms with Crippen molar-refractivity contribution in [1.29, 1.82) is 0 Å². The molecule has 0 aliphatic carbocycles. The van der Waals surface area contributed by atoms with Gasteiger partial charge in [0, 0.05) is 27.4 Å². The van der Waals surface area contributed by atoms with Crippen molar-refractivity contribution in [1.82, 2.24) is 4.57 Å². The highest BCUT2D eigenvalue weighted by Crippen LogP contribution is 2.41. The van der Waals surface area contributed by atoms with Gasteiger partial charge in [0.25, 0.3) is 0 Å². The van der Waals surface area contributed by atoms with Crippen molar-refractivity contribution < 1.29 is 4.42 Å². The SMILES string of the molecule is CC/C=C\c1c(C)oc2cccc(-c3cccc(-c4ccc5c6c7ccccc7ccc6n(C(C)/C=C(\N)c6ccc(-c7ccccc7)cc6)c5c4)c3)c12. The molecule has 2 N–H and O–H groups in total. The van der Waals surface area contributed by atoms with E-state index < -0.39 is 0 Å². The molecule has 0 amide bonds. The van der Waals surface area contributed by atoms with E-state index in [1.54, 1.807) is 0 Å². The predicted octanol–water partition coefficient (Wildman–Crippen LogP) is 14.0. The first-order chi connectivity index (χ1) is 26.5. The number of furan rings is 1. The van der Waals surface area contributed by atoms with E-state index in [0.29, 0.717) is 0 Å². The molecule has 2 heterocycles.